The second-order valence-electron chi connectivity index (χ2n) is 2.54. The first-order valence-corrected chi connectivity index (χ1v) is 3.76. The fourth-order valence-electron chi connectivity index (χ4n) is 1.15. The quantitative estimate of drug-likeness (QED) is 0.568. The van der Waals surface area contributed by atoms with Crippen LogP contribution in [0.1, 0.15) is 6.42 Å². The van der Waals surface area contributed by atoms with E-state index in [9.17, 15) is 8.78 Å². The summed E-state index contributed by atoms with van der Waals surface area (Å²) in [6.45, 7) is 1.22. The number of nitrogens with zero attached hydrogens (tertiary/aromatic N) is 1. The van der Waals surface area contributed by atoms with Crippen molar-refractivity contribution in [3.8, 4) is 0 Å². The van der Waals surface area contributed by atoms with E-state index >= 15 is 0 Å². The van der Waals surface area contributed by atoms with Crippen LogP contribution in [0.4, 0.5) is 8.78 Å². The summed E-state index contributed by atoms with van der Waals surface area (Å²) < 4.78 is 23.5. The van der Waals surface area contributed by atoms with Crippen molar-refractivity contribution in [1.82, 2.24) is 4.90 Å². The standard InChI is InChI=1S/C6H10ClF2N/c7-5-1-2-10(3-5)4-6(8)9/h5-6H,1-4H2. The van der Waals surface area contributed by atoms with Crippen molar-refractivity contribution in [3.05, 3.63) is 0 Å². The van der Waals surface area contributed by atoms with E-state index in [0.29, 0.717) is 6.54 Å². The molecule has 1 heterocycles. The smallest absolute Gasteiger partial charge is 0.251 e. The summed E-state index contributed by atoms with van der Waals surface area (Å²) in [4.78, 5) is 1.70. The van der Waals surface area contributed by atoms with Crippen molar-refractivity contribution in [2.45, 2.75) is 18.2 Å². The SMILES string of the molecule is FC(F)CN1CCC(Cl)C1. The lowest BCUT2D eigenvalue weighted by atomic mass is 10.4. The lowest BCUT2D eigenvalue weighted by Crippen LogP contribution is -2.26. The predicted octanol–water partition coefficient (Wildman–Crippen LogP) is 1.56. The molecular weight excluding hydrogens is 160 g/mol. The van der Waals surface area contributed by atoms with Crippen LogP contribution in [0.3, 0.4) is 0 Å². The van der Waals surface area contributed by atoms with Gasteiger partial charge in [-0.05, 0) is 13.0 Å². The molecule has 10 heavy (non-hydrogen) atoms. The van der Waals surface area contributed by atoms with Crippen molar-refractivity contribution < 1.29 is 8.78 Å². The molecular formula is C6H10ClF2N. The molecule has 4 heteroatoms. The lowest BCUT2D eigenvalue weighted by molar-refractivity contribution is 0.0998. The highest BCUT2D eigenvalue weighted by Gasteiger charge is 2.22. The molecule has 1 unspecified atom stereocenters. The monoisotopic (exact) mass is 169 g/mol. The number of likely N-dealkylation sites (tertiary alicyclic amines) is 1. The van der Waals surface area contributed by atoms with Crippen molar-refractivity contribution in [2.75, 3.05) is 19.6 Å². The Hall–Kier alpha value is 0.110. The molecule has 1 aliphatic rings. The molecule has 0 spiro atoms. The maximum absolute atomic E-state index is 11.7. The summed E-state index contributed by atoms with van der Waals surface area (Å²) in [7, 11) is 0. The Morgan fingerprint density at radius 1 is 1.60 bits per heavy atom. The van der Waals surface area contributed by atoms with Gasteiger partial charge in [0, 0.05) is 11.9 Å². The average Bonchev–Trinajstić information content (AvgIpc) is 2.13. The molecule has 1 atom stereocenters. The molecule has 0 aromatic heterocycles. The third kappa shape index (κ3) is 2.39. The van der Waals surface area contributed by atoms with Crippen LogP contribution in [0, 0.1) is 0 Å². The van der Waals surface area contributed by atoms with Crippen LogP contribution >= 0.6 is 11.6 Å². The molecule has 1 fully saturated rings. The molecule has 60 valence electrons. The minimum Gasteiger partial charge on any atom is -0.296 e. The average molecular weight is 170 g/mol. The molecule has 1 nitrogen and oxygen atoms in total. The summed E-state index contributed by atoms with van der Waals surface area (Å²) in [6.07, 6.45) is -1.38. The summed E-state index contributed by atoms with van der Waals surface area (Å²) in [5, 5.41) is 0.0822. The molecule has 0 N–H and O–H groups in total. The van der Waals surface area contributed by atoms with E-state index in [1.54, 1.807) is 4.90 Å². The zero-order chi connectivity index (χ0) is 7.56. The van der Waals surface area contributed by atoms with E-state index < -0.39 is 6.43 Å². The van der Waals surface area contributed by atoms with E-state index in [1.807, 2.05) is 0 Å². The Morgan fingerprint density at radius 3 is 2.70 bits per heavy atom. The van der Waals surface area contributed by atoms with Crippen LogP contribution in [0.5, 0.6) is 0 Å². The number of rotatable bonds is 2. The molecule has 0 radical (unpaired) electrons. The molecule has 0 aromatic rings. The first-order chi connectivity index (χ1) is 4.68. The van der Waals surface area contributed by atoms with Gasteiger partial charge >= 0.3 is 0 Å². The van der Waals surface area contributed by atoms with Gasteiger partial charge in [0.2, 0.25) is 0 Å². The van der Waals surface area contributed by atoms with Crippen LogP contribution in [0.25, 0.3) is 0 Å². The number of hydrogen-bond donors (Lipinski definition) is 0. The zero-order valence-corrected chi connectivity index (χ0v) is 6.32. The third-order valence-electron chi connectivity index (χ3n) is 1.61. The molecule has 0 aromatic carbocycles. The second-order valence-corrected chi connectivity index (χ2v) is 3.15. The second kappa shape index (κ2) is 3.49. The van der Waals surface area contributed by atoms with Gasteiger partial charge in [-0.1, -0.05) is 0 Å². The van der Waals surface area contributed by atoms with Crippen molar-refractivity contribution in [2.24, 2.45) is 0 Å². The minimum atomic E-state index is -2.22. The van der Waals surface area contributed by atoms with Crippen LogP contribution in [-0.4, -0.2) is 36.3 Å². The summed E-state index contributed by atoms with van der Waals surface area (Å²) in [5.74, 6) is 0. The first kappa shape index (κ1) is 8.21. The van der Waals surface area contributed by atoms with Gasteiger partial charge in [-0.15, -0.1) is 11.6 Å². The molecule has 1 rings (SSSR count). The molecule has 1 aliphatic heterocycles. The highest BCUT2D eigenvalue weighted by molar-refractivity contribution is 6.20. The van der Waals surface area contributed by atoms with Crippen molar-refractivity contribution in [3.63, 3.8) is 0 Å². The Morgan fingerprint density at radius 2 is 2.30 bits per heavy atom. The number of halogens is 3. The molecule has 0 amide bonds. The Kier molecular flexibility index (Phi) is 2.86. The largest absolute Gasteiger partial charge is 0.296 e. The molecule has 0 saturated carbocycles. The Labute approximate surface area is 64.0 Å². The fourth-order valence-corrected chi connectivity index (χ4v) is 1.44. The van der Waals surface area contributed by atoms with E-state index in [2.05, 4.69) is 0 Å². The normalized spacial score (nSPS) is 28.2. The summed E-state index contributed by atoms with van der Waals surface area (Å²) in [6, 6.07) is 0. The van der Waals surface area contributed by atoms with Gasteiger partial charge in [-0.25, -0.2) is 8.78 Å². The van der Waals surface area contributed by atoms with Gasteiger partial charge in [0.1, 0.15) is 0 Å². The van der Waals surface area contributed by atoms with E-state index in [1.165, 1.54) is 0 Å². The van der Waals surface area contributed by atoms with Gasteiger partial charge in [-0.3, -0.25) is 4.90 Å². The molecule has 1 saturated heterocycles. The Balaban J connectivity index is 2.18. The van der Waals surface area contributed by atoms with E-state index in [0.717, 1.165) is 13.0 Å². The van der Waals surface area contributed by atoms with Crippen LogP contribution < -0.4 is 0 Å². The van der Waals surface area contributed by atoms with Gasteiger partial charge in [0.15, 0.2) is 0 Å². The van der Waals surface area contributed by atoms with Crippen LogP contribution in [0.2, 0.25) is 0 Å². The maximum Gasteiger partial charge on any atom is 0.251 e. The van der Waals surface area contributed by atoms with E-state index in [4.69, 9.17) is 11.6 Å². The fraction of sp³-hybridized carbons (Fsp3) is 1.00. The predicted molar refractivity (Wildman–Crippen MR) is 36.7 cm³/mol. The third-order valence-corrected chi connectivity index (χ3v) is 1.97. The topological polar surface area (TPSA) is 3.24 Å². The number of hydrogen-bond acceptors (Lipinski definition) is 1. The van der Waals surface area contributed by atoms with Crippen molar-refractivity contribution in [1.29, 1.82) is 0 Å². The maximum atomic E-state index is 11.7. The van der Waals surface area contributed by atoms with E-state index in [-0.39, 0.29) is 11.9 Å². The highest BCUT2D eigenvalue weighted by Crippen LogP contribution is 2.15. The van der Waals surface area contributed by atoms with Crippen LogP contribution in [-0.2, 0) is 0 Å². The minimum absolute atomic E-state index is 0.0822. The van der Waals surface area contributed by atoms with Crippen molar-refractivity contribution >= 4 is 11.6 Å². The summed E-state index contributed by atoms with van der Waals surface area (Å²) in [5.41, 5.74) is 0. The lowest BCUT2D eigenvalue weighted by Gasteiger charge is -2.12. The first-order valence-electron chi connectivity index (χ1n) is 3.33. The highest BCUT2D eigenvalue weighted by atomic mass is 35.5. The number of alkyl halides is 3. The van der Waals surface area contributed by atoms with Gasteiger partial charge in [0.25, 0.3) is 6.43 Å². The summed E-state index contributed by atoms with van der Waals surface area (Å²) >= 11 is 5.70. The molecule has 0 aliphatic carbocycles. The van der Waals surface area contributed by atoms with Gasteiger partial charge in [-0.2, -0.15) is 0 Å². The molecule has 0 bridgehead atoms. The zero-order valence-electron chi connectivity index (χ0n) is 5.56. The Bertz CT molecular complexity index is 110. The van der Waals surface area contributed by atoms with Crippen LogP contribution in [0.15, 0.2) is 0 Å². The van der Waals surface area contributed by atoms with Gasteiger partial charge < -0.3 is 0 Å². The van der Waals surface area contributed by atoms with Gasteiger partial charge in [0.05, 0.1) is 6.54 Å².